The average Bonchev–Trinajstić information content (AvgIpc) is 2.89. The molecule has 1 fully saturated rings. The van der Waals surface area contributed by atoms with Crippen molar-refractivity contribution in [1.29, 1.82) is 0 Å². The molecule has 1 aliphatic rings. The molecule has 2 heterocycles. The molecule has 0 aromatic carbocycles. The van der Waals surface area contributed by atoms with E-state index in [2.05, 4.69) is 16.9 Å². The van der Waals surface area contributed by atoms with Gasteiger partial charge in [-0.25, -0.2) is 0 Å². The van der Waals surface area contributed by atoms with E-state index in [-0.39, 0.29) is 12.6 Å². The zero-order chi connectivity index (χ0) is 12.3. The standard InChI is InChI=1S/C12H22N4O/c1-10(13)12-2-3-15(9-12)7-11-6-14-16(8-11)4-5-17/h6,8,10,12,17H,2-5,7,9,13H2,1H3. The van der Waals surface area contributed by atoms with Gasteiger partial charge in [0.25, 0.3) is 0 Å². The highest BCUT2D eigenvalue weighted by atomic mass is 16.3. The maximum atomic E-state index is 8.82. The van der Waals surface area contributed by atoms with Crippen molar-refractivity contribution in [2.24, 2.45) is 11.7 Å². The lowest BCUT2D eigenvalue weighted by molar-refractivity contribution is 0.269. The molecule has 0 saturated carbocycles. The molecule has 0 aliphatic carbocycles. The zero-order valence-corrected chi connectivity index (χ0v) is 10.4. The van der Waals surface area contributed by atoms with Gasteiger partial charge in [0.1, 0.15) is 0 Å². The van der Waals surface area contributed by atoms with Crippen LogP contribution in [0.5, 0.6) is 0 Å². The van der Waals surface area contributed by atoms with Crippen LogP contribution >= 0.6 is 0 Å². The first-order valence-corrected chi connectivity index (χ1v) is 6.29. The summed E-state index contributed by atoms with van der Waals surface area (Å²) in [6.07, 6.45) is 5.09. The first-order valence-electron chi connectivity index (χ1n) is 6.29. The summed E-state index contributed by atoms with van der Waals surface area (Å²) in [7, 11) is 0. The molecule has 17 heavy (non-hydrogen) atoms. The molecule has 0 bridgehead atoms. The van der Waals surface area contributed by atoms with E-state index in [9.17, 15) is 0 Å². The number of nitrogens with two attached hydrogens (primary N) is 1. The Balaban J connectivity index is 1.84. The van der Waals surface area contributed by atoms with Crippen molar-refractivity contribution in [2.45, 2.75) is 32.5 Å². The van der Waals surface area contributed by atoms with Crippen LogP contribution in [0.15, 0.2) is 12.4 Å². The summed E-state index contributed by atoms with van der Waals surface area (Å²) in [5.41, 5.74) is 7.14. The van der Waals surface area contributed by atoms with E-state index in [1.165, 1.54) is 12.0 Å². The highest BCUT2D eigenvalue weighted by Crippen LogP contribution is 2.20. The van der Waals surface area contributed by atoms with Crippen LogP contribution in [0.1, 0.15) is 18.9 Å². The van der Waals surface area contributed by atoms with Crippen LogP contribution in [0.4, 0.5) is 0 Å². The second kappa shape index (κ2) is 5.62. The summed E-state index contributed by atoms with van der Waals surface area (Å²) < 4.78 is 1.79. The van der Waals surface area contributed by atoms with Crippen molar-refractivity contribution in [3.8, 4) is 0 Å². The lowest BCUT2D eigenvalue weighted by Gasteiger charge is -2.16. The second-order valence-corrected chi connectivity index (χ2v) is 4.98. The first-order chi connectivity index (χ1) is 8.19. The Kier molecular flexibility index (Phi) is 4.15. The van der Waals surface area contributed by atoms with E-state index in [1.54, 1.807) is 4.68 Å². The molecular formula is C12H22N4O. The molecule has 96 valence electrons. The maximum absolute atomic E-state index is 8.82. The summed E-state index contributed by atoms with van der Waals surface area (Å²) in [5.74, 6) is 0.627. The van der Waals surface area contributed by atoms with Crippen molar-refractivity contribution in [3.63, 3.8) is 0 Å². The fourth-order valence-electron chi connectivity index (χ4n) is 2.41. The molecule has 2 atom stereocenters. The molecule has 0 radical (unpaired) electrons. The average molecular weight is 238 g/mol. The Labute approximate surface area is 102 Å². The van der Waals surface area contributed by atoms with Crippen LogP contribution in [0.25, 0.3) is 0 Å². The first kappa shape index (κ1) is 12.5. The third-order valence-corrected chi connectivity index (χ3v) is 3.47. The zero-order valence-electron chi connectivity index (χ0n) is 10.4. The van der Waals surface area contributed by atoms with Crippen molar-refractivity contribution in [3.05, 3.63) is 18.0 Å². The number of likely N-dealkylation sites (tertiary alicyclic amines) is 1. The number of hydrogen-bond donors (Lipinski definition) is 2. The Hall–Kier alpha value is -0.910. The largest absolute Gasteiger partial charge is 0.394 e. The Morgan fingerprint density at radius 3 is 3.12 bits per heavy atom. The number of aliphatic hydroxyl groups excluding tert-OH is 1. The molecule has 1 aliphatic heterocycles. The molecule has 3 N–H and O–H groups in total. The van der Waals surface area contributed by atoms with E-state index >= 15 is 0 Å². The van der Waals surface area contributed by atoms with Crippen LogP contribution in [-0.2, 0) is 13.1 Å². The number of nitrogens with zero attached hydrogens (tertiary/aromatic N) is 3. The number of aliphatic hydroxyl groups is 1. The van der Waals surface area contributed by atoms with Crippen LogP contribution in [0.3, 0.4) is 0 Å². The van der Waals surface area contributed by atoms with Gasteiger partial charge in [0.05, 0.1) is 19.3 Å². The molecular weight excluding hydrogens is 216 g/mol. The maximum Gasteiger partial charge on any atom is 0.0640 e. The lowest BCUT2D eigenvalue weighted by atomic mass is 10.0. The Bertz CT molecular complexity index is 350. The third kappa shape index (κ3) is 3.28. The Morgan fingerprint density at radius 1 is 1.65 bits per heavy atom. The second-order valence-electron chi connectivity index (χ2n) is 4.98. The third-order valence-electron chi connectivity index (χ3n) is 3.47. The lowest BCUT2D eigenvalue weighted by Crippen LogP contribution is -2.29. The smallest absolute Gasteiger partial charge is 0.0640 e. The van der Waals surface area contributed by atoms with Crippen molar-refractivity contribution in [1.82, 2.24) is 14.7 Å². The SMILES string of the molecule is CC(N)C1CCN(Cc2cnn(CCO)c2)C1. The minimum atomic E-state index is 0.137. The van der Waals surface area contributed by atoms with Gasteiger partial charge < -0.3 is 10.8 Å². The highest BCUT2D eigenvalue weighted by molar-refractivity contribution is 5.04. The summed E-state index contributed by atoms with van der Waals surface area (Å²) in [6.45, 7) is 5.95. The van der Waals surface area contributed by atoms with E-state index in [1.807, 2.05) is 12.4 Å². The quantitative estimate of drug-likeness (QED) is 0.760. The van der Waals surface area contributed by atoms with Gasteiger partial charge in [0.2, 0.25) is 0 Å². The predicted molar refractivity (Wildman–Crippen MR) is 66.3 cm³/mol. The Morgan fingerprint density at radius 2 is 2.47 bits per heavy atom. The molecule has 1 aromatic rings. The van der Waals surface area contributed by atoms with E-state index in [0.717, 1.165) is 19.6 Å². The summed E-state index contributed by atoms with van der Waals surface area (Å²) in [5, 5.41) is 13.0. The van der Waals surface area contributed by atoms with Gasteiger partial charge in [-0.15, -0.1) is 0 Å². The summed E-state index contributed by atoms with van der Waals surface area (Å²) in [4.78, 5) is 2.42. The fraction of sp³-hybridized carbons (Fsp3) is 0.750. The minimum absolute atomic E-state index is 0.137. The molecule has 2 unspecified atom stereocenters. The number of rotatable bonds is 5. The molecule has 5 heteroatoms. The molecule has 0 amide bonds. The summed E-state index contributed by atoms with van der Waals surface area (Å²) in [6, 6.07) is 0.289. The fourth-order valence-corrected chi connectivity index (χ4v) is 2.41. The van der Waals surface area contributed by atoms with Gasteiger partial charge >= 0.3 is 0 Å². The van der Waals surface area contributed by atoms with Crippen molar-refractivity contribution < 1.29 is 5.11 Å². The molecule has 0 spiro atoms. The van der Waals surface area contributed by atoms with E-state index < -0.39 is 0 Å². The normalized spacial score (nSPS) is 23.1. The molecule has 2 rings (SSSR count). The van der Waals surface area contributed by atoms with Crippen molar-refractivity contribution >= 4 is 0 Å². The highest BCUT2D eigenvalue weighted by Gasteiger charge is 2.25. The van der Waals surface area contributed by atoms with Gasteiger partial charge in [-0.3, -0.25) is 9.58 Å². The number of aromatic nitrogens is 2. The van der Waals surface area contributed by atoms with E-state index in [0.29, 0.717) is 12.5 Å². The van der Waals surface area contributed by atoms with Crippen LogP contribution in [-0.4, -0.2) is 45.5 Å². The topological polar surface area (TPSA) is 67.3 Å². The monoisotopic (exact) mass is 238 g/mol. The van der Waals surface area contributed by atoms with Crippen LogP contribution < -0.4 is 5.73 Å². The van der Waals surface area contributed by atoms with Crippen LogP contribution in [0, 0.1) is 5.92 Å². The van der Waals surface area contributed by atoms with Crippen molar-refractivity contribution in [2.75, 3.05) is 19.7 Å². The van der Waals surface area contributed by atoms with Gasteiger partial charge in [-0.2, -0.15) is 5.10 Å². The number of hydrogen-bond acceptors (Lipinski definition) is 4. The van der Waals surface area contributed by atoms with Gasteiger partial charge in [-0.1, -0.05) is 0 Å². The summed E-state index contributed by atoms with van der Waals surface area (Å²) >= 11 is 0. The van der Waals surface area contributed by atoms with Crippen LogP contribution in [0.2, 0.25) is 0 Å². The van der Waals surface area contributed by atoms with E-state index in [4.69, 9.17) is 10.8 Å². The molecule has 5 nitrogen and oxygen atoms in total. The van der Waals surface area contributed by atoms with Gasteiger partial charge in [0, 0.05) is 30.9 Å². The van der Waals surface area contributed by atoms with Gasteiger partial charge in [-0.05, 0) is 25.8 Å². The molecule has 1 aromatic heterocycles. The van der Waals surface area contributed by atoms with Gasteiger partial charge in [0.15, 0.2) is 0 Å². The predicted octanol–water partition coefficient (Wildman–Crippen LogP) is 0.0445. The minimum Gasteiger partial charge on any atom is -0.394 e. The molecule has 1 saturated heterocycles.